The van der Waals surface area contributed by atoms with Crippen LogP contribution in [0.1, 0.15) is 16.7 Å². The monoisotopic (exact) mass is 394 g/mol. The summed E-state index contributed by atoms with van der Waals surface area (Å²) >= 11 is 7.07. The molecule has 2 aromatic rings. The molecule has 0 fully saturated rings. The van der Waals surface area contributed by atoms with Gasteiger partial charge in [0.2, 0.25) is 0 Å². The second kappa shape index (κ2) is 5.88. The summed E-state index contributed by atoms with van der Waals surface area (Å²) in [5.41, 5.74) is 11.0. The molecule has 0 aromatic heterocycles. The van der Waals surface area contributed by atoms with Crippen molar-refractivity contribution in [2.75, 3.05) is 12.3 Å². The van der Waals surface area contributed by atoms with Crippen molar-refractivity contribution < 1.29 is 0 Å². The Morgan fingerprint density at radius 2 is 1.95 bits per heavy atom. The van der Waals surface area contributed by atoms with E-state index in [4.69, 9.17) is 5.73 Å². The van der Waals surface area contributed by atoms with Crippen molar-refractivity contribution in [2.45, 2.75) is 19.5 Å². The van der Waals surface area contributed by atoms with Crippen molar-refractivity contribution in [2.24, 2.45) is 0 Å². The molecule has 2 aromatic carbocycles. The van der Waals surface area contributed by atoms with Gasteiger partial charge in [-0.3, -0.25) is 4.90 Å². The largest absolute Gasteiger partial charge is 0.398 e. The van der Waals surface area contributed by atoms with Gasteiger partial charge in [-0.2, -0.15) is 0 Å². The zero-order chi connectivity index (χ0) is 14.1. The minimum Gasteiger partial charge on any atom is -0.398 e. The minimum atomic E-state index is 0.921. The van der Waals surface area contributed by atoms with Crippen molar-refractivity contribution in [3.63, 3.8) is 0 Å². The number of halogens is 2. The van der Waals surface area contributed by atoms with Crippen molar-refractivity contribution in [3.8, 4) is 0 Å². The smallest absolute Gasteiger partial charge is 0.0362 e. The molecular weight excluding hydrogens is 380 g/mol. The number of fused-ring (bicyclic) bond motifs is 1. The maximum atomic E-state index is 6.10. The van der Waals surface area contributed by atoms with Crippen LogP contribution in [0.5, 0.6) is 0 Å². The van der Waals surface area contributed by atoms with E-state index in [1.54, 1.807) is 0 Å². The highest BCUT2D eigenvalue weighted by atomic mass is 79.9. The summed E-state index contributed by atoms with van der Waals surface area (Å²) in [5.74, 6) is 0. The van der Waals surface area contributed by atoms with Gasteiger partial charge in [-0.25, -0.2) is 0 Å². The molecule has 2 N–H and O–H groups in total. The van der Waals surface area contributed by atoms with E-state index in [2.05, 4.69) is 67.1 Å². The van der Waals surface area contributed by atoms with E-state index < -0.39 is 0 Å². The second-order valence-electron chi connectivity index (χ2n) is 5.19. The van der Waals surface area contributed by atoms with Crippen LogP contribution < -0.4 is 5.73 Å². The normalized spacial score (nSPS) is 15.1. The van der Waals surface area contributed by atoms with E-state index in [9.17, 15) is 0 Å². The summed E-state index contributed by atoms with van der Waals surface area (Å²) < 4.78 is 2.20. The van der Waals surface area contributed by atoms with Crippen LogP contribution in [0.15, 0.2) is 45.3 Å². The summed E-state index contributed by atoms with van der Waals surface area (Å²) in [6, 6.07) is 12.7. The molecule has 0 atom stereocenters. The SMILES string of the molecule is Nc1cccc2c1CN(Cc1ccc(Br)c(Br)c1)CC2. The Morgan fingerprint density at radius 1 is 1.10 bits per heavy atom. The lowest BCUT2D eigenvalue weighted by molar-refractivity contribution is 0.246. The number of benzene rings is 2. The maximum absolute atomic E-state index is 6.10. The molecule has 0 aliphatic carbocycles. The van der Waals surface area contributed by atoms with Gasteiger partial charge >= 0.3 is 0 Å². The zero-order valence-electron chi connectivity index (χ0n) is 11.1. The third kappa shape index (κ3) is 2.92. The van der Waals surface area contributed by atoms with E-state index in [1.165, 1.54) is 16.7 Å². The first-order valence-corrected chi connectivity index (χ1v) is 8.24. The van der Waals surface area contributed by atoms with Gasteiger partial charge < -0.3 is 5.73 Å². The molecule has 2 nitrogen and oxygen atoms in total. The highest BCUT2D eigenvalue weighted by Gasteiger charge is 2.18. The first-order chi connectivity index (χ1) is 9.63. The molecule has 0 amide bonds. The van der Waals surface area contributed by atoms with Gasteiger partial charge in [0, 0.05) is 34.3 Å². The Balaban J connectivity index is 1.77. The van der Waals surface area contributed by atoms with Crippen LogP contribution >= 0.6 is 31.9 Å². The van der Waals surface area contributed by atoms with Gasteiger partial charge in [0.25, 0.3) is 0 Å². The lowest BCUT2D eigenvalue weighted by Gasteiger charge is -2.29. The molecular formula is C16H16Br2N2. The molecule has 0 saturated heterocycles. The molecule has 0 radical (unpaired) electrons. The van der Waals surface area contributed by atoms with Gasteiger partial charge in [0.15, 0.2) is 0 Å². The van der Waals surface area contributed by atoms with Crippen LogP contribution in [0, 0.1) is 0 Å². The lowest BCUT2D eigenvalue weighted by Crippen LogP contribution is -2.30. The molecule has 0 spiro atoms. The van der Waals surface area contributed by atoms with E-state index in [0.717, 1.165) is 40.7 Å². The highest BCUT2D eigenvalue weighted by molar-refractivity contribution is 9.13. The second-order valence-corrected chi connectivity index (χ2v) is 6.90. The summed E-state index contributed by atoms with van der Waals surface area (Å²) in [6.07, 6.45) is 1.08. The Hall–Kier alpha value is -0.840. The number of nitrogens with zero attached hydrogens (tertiary/aromatic N) is 1. The Morgan fingerprint density at radius 3 is 2.75 bits per heavy atom. The molecule has 4 heteroatoms. The van der Waals surface area contributed by atoms with Gasteiger partial charge in [0.05, 0.1) is 0 Å². The van der Waals surface area contributed by atoms with Gasteiger partial charge in [-0.15, -0.1) is 0 Å². The Labute approximate surface area is 136 Å². The molecule has 1 aliphatic heterocycles. The van der Waals surface area contributed by atoms with Crippen LogP contribution in [0.4, 0.5) is 5.69 Å². The number of anilines is 1. The van der Waals surface area contributed by atoms with E-state index >= 15 is 0 Å². The number of hydrogen-bond acceptors (Lipinski definition) is 2. The maximum Gasteiger partial charge on any atom is 0.0362 e. The van der Waals surface area contributed by atoms with E-state index in [0.29, 0.717) is 0 Å². The van der Waals surface area contributed by atoms with Crippen molar-refractivity contribution >= 4 is 37.5 Å². The number of nitrogens with two attached hydrogens (primary N) is 1. The lowest BCUT2D eigenvalue weighted by atomic mass is 9.98. The Bertz CT molecular complexity index is 640. The number of hydrogen-bond donors (Lipinski definition) is 1. The average Bonchev–Trinajstić information content (AvgIpc) is 2.44. The van der Waals surface area contributed by atoms with Crippen molar-refractivity contribution in [1.82, 2.24) is 4.90 Å². The minimum absolute atomic E-state index is 0.921. The van der Waals surface area contributed by atoms with Gasteiger partial charge in [-0.1, -0.05) is 18.2 Å². The van der Waals surface area contributed by atoms with E-state index in [-0.39, 0.29) is 0 Å². The molecule has 20 heavy (non-hydrogen) atoms. The Kier molecular flexibility index (Phi) is 4.15. The van der Waals surface area contributed by atoms with Crippen LogP contribution in [0.25, 0.3) is 0 Å². The quantitative estimate of drug-likeness (QED) is 0.765. The molecule has 0 saturated carbocycles. The number of rotatable bonds is 2. The summed E-state index contributed by atoms with van der Waals surface area (Å²) in [5, 5.41) is 0. The summed E-state index contributed by atoms with van der Waals surface area (Å²) in [6.45, 7) is 2.99. The van der Waals surface area contributed by atoms with Gasteiger partial charge in [-0.05, 0) is 73.2 Å². The fourth-order valence-electron chi connectivity index (χ4n) is 2.69. The standard InChI is InChI=1S/C16H16Br2N2/c17-14-5-4-11(8-15(14)18)9-20-7-6-12-2-1-3-16(19)13(12)10-20/h1-5,8H,6-7,9-10,19H2. The topological polar surface area (TPSA) is 29.3 Å². The highest BCUT2D eigenvalue weighted by Crippen LogP contribution is 2.27. The fraction of sp³-hybridized carbons (Fsp3) is 0.250. The van der Waals surface area contributed by atoms with Crippen molar-refractivity contribution in [1.29, 1.82) is 0 Å². The average molecular weight is 396 g/mol. The number of nitrogen functional groups attached to an aromatic ring is 1. The molecule has 1 heterocycles. The third-order valence-corrected chi connectivity index (χ3v) is 5.66. The fourth-order valence-corrected chi connectivity index (χ4v) is 3.37. The summed E-state index contributed by atoms with van der Waals surface area (Å²) in [7, 11) is 0. The first kappa shape index (κ1) is 14.1. The molecule has 104 valence electrons. The summed E-state index contributed by atoms with van der Waals surface area (Å²) in [4.78, 5) is 2.45. The molecule has 3 rings (SSSR count). The van der Waals surface area contributed by atoms with Gasteiger partial charge in [0.1, 0.15) is 0 Å². The third-order valence-electron chi connectivity index (χ3n) is 3.78. The predicted octanol–water partition coefficient (Wildman–Crippen LogP) is 4.35. The van der Waals surface area contributed by atoms with Crippen molar-refractivity contribution in [3.05, 3.63) is 62.0 Å². The first-order valence-electron chi connectivity index (χ1n) is 6.66. The molecule has 1 aliphatic rings. The molecule has 0 bridgehead atoms. The van der Waals surface area contributed by atoms with Crippen LogP contribution in [-0.2, 0) is 19.5 Å². The van der Waals surface area contributed by atoms with Crippen LogP contribution in [-0.4, -0.2) is 11.4 Å². The predicted molar refractivity (Wildman–Crippen MR) is 90.5 cm³/mol. The van der Waals surface area contributed by atoms with E-state index in [1.807, 2.05) is 6.07 Å². The molecule has 0 unspecified atom stereocenters. The zero-order valence-corrected chi connectivity index (χ0v) is 14.2. The van der Waals surface area contributed by atoms with Crippen LogP contribution in [0.3, 0.4) is 0 Å². The van der Waals surface area contributed by atoms with Crippen LogP contribution in [0.2, 0.25) is 0 Å².